The zero-order chi connectivity index (χ0) is 22.0. The Kier molecular flexibility index (Phi) is 6.34. The molecule has 30 heavy (non-hydrogen) atoms. The molecule has 2 aliphatic rings. The average molecular weight is 413 g/mol. The summed E-state index contributed by atoms with van der Waals surface area (Å²) >= 11 is 0. The lowest BCUT2D eigenvalue weighted by molar-refractivity contribution is -0.144. The lowest BCUT2D eigenvalue weighted by Gasteiger charge is -2.34. The number of rotatable bonds is 6. The Morgan fingerprint density at radius 3 is 2.27 bits per heavy atom. The smallest absolute Gasteiger partial charge is 0.326 e. The molecule has 5 amide bonds. The number of hydrogen-bond acceptors (Lipinski definition) is 5. The second-order valence-corrected chi connectivity index (χ2v) is 8.32. The minimum absolute atomic E-state index is 0.128. The van der Waals surface area contributed by atoms with Crippen molar-refractivity contribution in [2.45, 2.75) is 52.5 Å². The molecule has 1 N–H and O–H groups in total. The highest BCUT2D eigenvalue weighted by atomic mass is 16.2. The number of urea groups is 1. The first-order chi connectivity index (χ1) is 14.2. The van der Waals surface area contributed by atoms with Gasteiger partial charge < -0.3 is 5.32 Å². The third-order valence-electron chi connectivity index (χ3n) is 5.78. The number of Topliss-reactive ketones (excluding diaryl/α,β-unsaturated/α-hetero) is 1. The number of benzene rings is 1. The van der Waals surface area contributed by atoms with Gasteiger partial charge in [0.05, 0.1) is 6.54 Å². The number of nitrogens with one attached hydrogen (secondary N) is 1. The van der Waals surface area contributed by atoms with Gasteiger partial charge in [-0.1, -0.05) is 33.6 Å². The minimum atomic E-state index is -0.952. The molecule has 1 heterocycles. The third-order valence-corrected chi connectivity index (χ3v) is 5.78. The molecule has 1 saturated heterocycles. The SMILES string of the molecule is CC(C)C(=O)Nc1ccc(C(=O)CN2C(=O)C(=O)N([C@H]3CCCC[C@@H]3C)C2=O)cc1. The van der Waals surface area contributed by atoms with Crippen LogP contribution in [0.4, 0.5) is 10.5 Å². The maximum Gasteiger partial charge on any atom is 0.334 e. The van der Waals surface area contributed by atoms with Crippen LogP contribution in [0.1, 0.15) is 56.8 Å². The van der Waals surface area contributed by atoms with Crippen molar-refractivity contribution in [2.75, 3.05) is 11.9 Å². The zero-order valence-electron chi connectivity index (χ0n) is 17.5. The summed E-state index contributed by atoms with van der Waals surface area (Å²) in [6.45, 7) is 5.03. The molecule has 1 aliphatic carbocycles. The molecule has 2 atom stereocenters. The molecule has 2 fully saturated rings. The molecule has 1 aromatic carbocycles. The van der Waals surface area contributed by atoms with E-state index < -0.39 is 30.2 Å². The summed E-state index contributed by atoms with van der Waals surface area (Å²) in [5.74, 6) is -2.44. The Labute approximate surface area is 175 Å². The van der Waals surface area contributed by atoms with E-state index in [1.165, 1.54) is 12.1 Å². The number of carbonyl (C=O) groups is 5. The van der Waals surface area contributed by atoms with E-state index in [1.807, 2.05) is 6.92 Å². The summed E-state index contributed by atoms with van der Waals surface area (Å²) in [6, 6.07) is 5.20. The van der Waals surface area contributed by atoms with Crippen molar-refractivity contribution in [1.29, 1.82) is 0 Å². The number of carbonyl (C=O) groups excluding carboxylic acids is 5. The van der Waals surface area contributed by atoms with Crippen LogP contribution in [0.3, 0.4) is 0 Å². The normalized spacial score (nSPS) is 22.1. The molecular formula is C22H27N3O5. The number of nitrogens with zero attached hydrogens (tertiary/aromatic N) is 2. The first kappa shape index (κ1) is 21.7. The van der Waals surface area contributed by atoms with E-state index in [1.54, 1.807) is 26.0 Å². The molecule has 1 saturated carbocycles. The summed E-state index contributed by atoms with van der Waals surface area (Å²) in [7, 11) is 0. The average Bonchev–Trinajstić information content (AvgIpc) is 2.92. The molecule has 1 aromatic rings. The molecule has 0 spiro atoms. The molecule has 160 valence electrons. The monoisotopic (exact) mass is 413 g/mol. The summed E-state index contributed by atoms with van der Waals surface area (Å²) < 4.78 is 0. The fourth-order valence-corrected chi connectivity index (χ4v) is 3.90. The van der Waals surface area contributed by atoms with Crippen molar-refractivity contribution in [3.8, 4) is 0 Å². The molecule has 3 rings (SSSR count). The lowest BCUT2D eigenvalue weighted by atomic mass is 9.85. The molecule has 8 nitrogen and oxygen atoms in total. The van der Waals surface area contributed by atoms with E-state index in [0.717, 1.165) is 29.1 Å². The number of imide groups is 2. The summed E-state index contributed by atoms with van der Waals surface area (Å²) in [5.41, 5.74) is 0.835. The van der Waals surface area contributed by atoms with Gasteiger partial charge in [0.2, 0.25) is 5.91 Å². The Bertz CT molecular complexity index is 877. The van der Waals surface area contributed by atoms with Crippen molar-refractivity contribution in [1.82, 2.24) is 9.80 Å². The van der Waals surface area contributed by atoms with Gasteiger partial charge in [-0.15, -0.1) is 0 Å². The van der Waals surface area contributed by atoms with E-state index in [-0.39, 0.29) is 29.3 Å². The predicted molar refractivity (Wildman–Crippen MR) is 110 cm³/mol. The van der Waals surface area contributed by atoms with Crippen LogP contribution in [0.15, 0.2) is 24.3 Å². The summed E-state index contributed by atoms with van der Waals surface area (Å²) in [4.78, 5) is 63.8. The van der Waals surface area contributed by atoms with Gasteiger partial charge in [0.1, 0.15) is 0 Å². The van der Waals surface area contributed by atoms with Crippen LogP contribution in [-0.4, -0.2) is 51.9 Å². The molecule has 0 unspecified atom stereocenters. The van der Waals surface area contributed by atoms with Gasteiger partial charge in [0.15, 0.2) is 5.78 Å². The Balaban J connectivity index is 1.69. The predicted octanol–water partition coefficient (Wildman–Crippen LogP) is 2.83. The number of anilines is 1. The zero-order valence-corrected chi connectivity index (χ0v) is 17.5. The standard InChI is InChI=1S/C22H27N3O5/c1-13(2)19(27)23-16-10-8-15(9-11-16)18(26)12-24-20(28)21(29)25(22(24)30)17-7-5-4-6-14(17)3/h8-11,13-14,17H,4-7,12H2,1-3H3,(H,23,27)/t14-,17-/m0/s1. The van der Waals surface area contributed by atoms with E-state index >= 15 is 0 Å². The van der Waals surface area contributed by atoms with Crippen LogP contribution in [0.2, 0.25) is 0 Å². The lowest BCUT2D eigenvalue weighted by Crippen LogP contribution is -2.46. The van der Waals surface area contributed by atoms with Crippen molar-refractivity contribution < 1.29 is 24.0 Å². The molecule has 8 heteroatoms. The number of ketones is 1. The van der Waals surface area contributed by atoms with Crippen molar-refractivity contribution >= 4 is 35.2 Å². The molecule has 1 aliphatic heterocycles. The highest BCUT2D eigenvalue weighted by Gasteiger charge is 2.49. The van der Waals surface area contributed by atoms with Gasteiger partial charge in [0, 0.05) is 23.2 Å². The van der Waals surface area contributed by atoms with Gasteiger partial charge in [-0.25, -0.2) is 9.69 Å². The van der Waals surface area contributed by atoms with Crippen LogP contribution < -0.4 is 5.32 Å². The van der Waals surface area contributed by atoms with Gasteiger partial charge in [-0.05, 0) is 43.0 Å². The van der Waals surface area contributed by atoms with Gasteiger partial charge in [0.25, 0.3) is 0 Å². The molecule has 0 aromatic heterocycles. The van der Waals surface area contributed by atoms with Gasteiger partial charge >= 0.3 is 17.8 Å². The van der Waals surface area contributed by atoms with E-state index in [9.17, 15) is 24.0 Å². The second kappa shape index (κ2) is 8.77. The highest BCUT2D eigenvalue weighted by Crippen LogP contribution is 2.31. The fourth-order valence-electron chi connectivity index (χ4n) is 3.90. The van der Waals surface area contributed by atoms with Crippen molar-refractivity contribution in [3.63, 3.8) is 0 Å². The largest absolute Gasteiger partial charge is 0.334 e. The topological polar surface area (TPSA) is 104 Å². The first-order valence-electron chi connectivity index (χ1n) is 10.3. The molecule has 0 radical (unpaired) electrons. The minimum Gasteiger partial charge on any atom is -0.326 e. The number of hydrogen-bond donors (Lipinski definition) is 1. The van der Waals surface area contributed by atoms with E-state index in [4.69, 9.17) is 0 Å². The maximum atomic E-state index is 12.8. The Morgan fingerprint density at radius 2 is 1.67 bits per heavy atom. The Hall–Kier alpha value is -3.03. The highest BCUT2D eigenvalue weighted by molar-refractivity contribution is 6.45. The van der Waals surface area contributed by atoms with Crippen LogP contribution in [0, 0.1) is 11.8 Å². The number of amides is 5. The van der Waals surface area contributed by atoms with E-state index in [0.29, 0.717) is 12.1 Å². The van der Waals surface area contributed by atoms with Gasteiger partial charge in [-0.3, -0.25) is 24.1 Å². The maximum absolute atomic E-state index is 12.8. The van der Waals surface area contributed by atoms with E-state index in [2.05, 4.69) is 5.32 Å². The Morgan fingerprint density at radius 1 is 1.03 bits per heavy atom. The fraction of sp³-hybridized carbons (Fsp3) is 0.500. The van der Waals surface area contributed by atoms with Crippen LogP contribution >= 0.6 is 0 Å². The first-order valence-corrected chi connectivity index (χ1v) is 10.3. The van der Waals surface area contributed by atoms with Crippen molar-refractivity contribution in [2.24, 2.45) is 11.8 Å². The summed E-state index contributed by atoms with van der Waals surface area (Å²) in [5, 5.41) is 2.73. The van der Waals surface area contributed by atoms with Crippen LogP contribution in [-0.2, 0) is 14.4 Å². The van der Waals surface area contributed by atoms with Gasteiger partial charge in [-0.2, -0.15) is 0 Å². The summed E-state index contributed by atoms with van der Waals surface area (Å²) in [6.07, 6.45) is 3.52. The quantitative estimate of drug-likeness (QED) is 0.439. The van der Waals surface area contributed by atoms with Crippen LogP contribution in [0.25, 0.3) is 0 Å². The molecular weight excluding hydrogens is 386 g/mol. The third kappa shape index (κ3) is 4.27. The van der Waals surface area contributed by atoms with Crippen molar-refractivity contribution in [3.05, 3.63) is 29.8 Å². The molecule has 0 bridgehead atoms. The second-order valence-electron chi connectivity index (χ2n) is 8.32. The van der Waals surface area contributed by atoms with Crippen LogP contribution in [0.5, 0.6) is 0 Å².